The minimum Gasteiger partial charge on any atom is -0.497 e. The number of aromatic amines is 1. The number of hydrogen-bond acceptors (Lipinski definition) is 6. The predicted molar refractivity (Wildman–Crippen MR) is 111 cm³/mol. The first kappa shape index (κ1) is 22.1. The Kier molecular flexibility index (Phi) is 5.64. The van der Waals surface area contributed by atoms with E-state index in [1.54, 1.807) is 25.1 Å². The summed E-state index contributed by atoms with van der Waals surface area (Å²) in [6, 6.07) is 11.9. The third kappa shape index (κ3) is 4.17. The fourth-order valence-corrected chi connectivity index (χ4v) is 3.67. The van der Waals surface area contributed by atoms with E-state index in [4.69, 9.17) is 19.9 Å². The third-order valence-corrected chi connectivity index (χ3v) is 5.33. The van der Waals surface area contributed by atoms with Gasteiger partial charge in [-0.05, 0) is 42.8 Å². The summed E-state index contributed by atoms with van der Waals surface area (Å²) in [6.45, 7) is 1.81. The van der Waals surface area contributed by atoms with Crippen LogP contribution in [0.15, 0.2) is 53.9 Å². The minimum absolute atomic E-state index is 0.0129. The average molecular weight is 456 g/mol. The van der Waals surface area contributed by atoms with E-state index >= 15 is 0 Å². The molecule has 1 aliphatic heterocycles. The number of nitrogens with two attached hydrogens (primary N) is 1. The highest BCUT2D eigenvalue weighted by atomic mass is 19.4. The zero-order chi connectivity index (χ0) is 23.8. The molecule has 1 aliphatic rings. The Hall–Kier alpha value is -4.13. The first-order chi connectivity index (χ1) is 15.7. The average Bonchev–Trinajstić information content (AvgIpc) is 3.16. The van der Waals surface area contributed by atoms with Crippen molar-refractivity contribution in [2.24, 2.45) is 5.73 Å². The van der Waals surface area contributed by atoms with Crippen molar-refractivity contribution in [2.75, 3.05) is 7.11 Å². The second-order valence-electron chi connectivity index (χ2n) is 7.38. The first-order valence-corrected chi connectivity index (χ1v) is 9.82. The van der Waals surface area contributed by atoms with E-state index in [1.807, 2.05) is 0 Å². The first-order valence-electron chi connectivity index (χ1n) is 9.82. The number of benzene rings is 2. The van der Waals surface area contributed by atoms with Gasteiger partial charge in [-0.3, -0.25) is 5.10 Å². The molecule has 0 amide bonds. The Labute approximate surface area is 187 Å². The SMILES string of the molecule is COc1ccc(OCc2ccc(C(F)(F)F)cc2)c(C2C(C#N)=C(N)Oc3n[nH]c(C)c32)c1. The summed E-state index contributed by atoms with van der Waals surface area (Å²) in [4.78, 5) is 0. The molecule has 4 rings (SSSR count). The quantitative estimate of drug-likeness (QED) is 0.584. The van der Waals surface area contributed by atoms with Gasteiger partial charge in [0.15, 0.2) is 0 Å². The van der Waals surface area contributed by atoms with Gasteiger partial charge in [0.2, 0.25) is 11.8 Å². The summed E-state index contributed by atoms with van der Waals surface area (Å²) in [5.74, 6) is 0.477. The second kappa shape index (κ2) is 8.43. The van der Waals surface area contributed by atoms with Crippen LogP contribution in [0.3, 0.4) is 0 Å². The van der Waals surface area contributed by atoms with Crippen LogP contribution in [0.4, 0.5) is 13.2 Å². The molecule has 0 fully saturated rings. The van der Waals surface area contributed by atoms with Crippen LogP contribution in [-0.2, 0) is 12.8 Å². The number of ether oxygens (including phenoxy) is 3. The molecule has 0 spiro atoms. The van der Waals surface area contributed by atoms with Crippen molar-refractivity contribution in [3.63, 3.8) is 0 Å². The molecule has 2 heterocycles. The normalized spacial score (nSPS) is 15.5. The van der Waals surface area contributed by atoms with Crippen molar-refractivity contribution in [3.8, 4) is 23.4 Å². The van der Waals surface area contributed by atoms with Gasteiger partial charge in [0.25, 0.3) is 0 Å². The van der Waals surface area contributed by atoms with Gasteiger partial charge in [0.05, 0.1) is 18.6 Å². The fourth-order valence-electron chi connectivity index (χ4n) is 3.67. The molecule has 0 saturated carbocycles. The van der Waals surface area contributed by atoms with Crippen LogP contribution in [-0.4, -0.2) is 17.3 Å². The zero-order valence-corrected chi connectivity index (χ0v) is 17.7. The number of alkyl halides is 3. The standard InChI is InChI=1S/C23H19F3N4O3/c1-12-19-20(17(10-27)21(28)33-22(19)30-29-12)16-9-15(31-2)7-8-18(16)32-11-13-3-5-14(6-4-13)23(24,25)26/h3-9,20H,11,28H2,1-2H3,(H,29,30). The highest BCUT2D eigenvalue weighted by molar-refractivity contribution is 5.59. The van der Waals surface area contributed by atoms with Crippen molar-refractivity contribution in [3.05, 3.63) is 81.9 Å². The van der Waals surface area contributed by atoms with Crippen LogP contribution in [0, 0.1) is 18.3 Å². The number of rotatable bonds is 5. The predicted octanol–water partition coefficient (Wildman–Crippen LogP) is 4.54. The van der Waals surface area contributed by atoms with Gasteiger partial charge in [-0.15, -0.1) is 5.10 Å². The number of nitrogens with one attached hydrogen (secondary N) is 1. The van der Waals surface area contributed by atoms with E-state index in [0.717, 1.165) is 12.1 Å². The summed E-state index contributed by atoms with van der Waals surface area (Å²) < 4.78 is 55.3. The summed E-state index contributed by atoms with van der Waals surface area (Å²) in [5, 5.41) is 16.7. The van der Waals surface area contributed by atoms with Crippen LogP contribution in [0.2, 0.25) is 0 Å². The van der Waals surface area contributed by atoms with Gasteiger partial charge in [0, 0.05) is 16.8 Å². The monoisotopic (exact) mass is 456 g/mol. The lowest BCUT2D eigenvalue weighted by Gasteiger charge is -2.25. The number of H-pyrrole nitrogens is 1. The molecule has 170 valence electrons. The Morgan fingerprint density at radius 1 is 1.21 bits per heavy atom. The molecule has 10 heteroatoms. The molecule has 1 unspecified atom stereocenters. The van der Waals surface area contributed by atoms with Gasteiger partial charge >= 0.3 is 6.18 Å². The van der Waals surface area contributed by atoms with Crippen LogP contribution in [0.1, 0.15) is 33.9 Å². The topological polar surface area (TPSA) is 106 Å². The number of allylic oxidation sites excluding steroid dienone is 1. The van der Waals surface area contributed by atoms with Crippen molar-refractivity contribution in [2.45, 2.75) is 25.6 Å². The molecule has 0 bridgehead atoms. The number of halogens is 3. The minimum atomic E-state index is -4.41. The van der Waals surface area contributed by atoms with Gasteiger partial charge in [0.1, 0.15) is 29.7 Å². The number of fused-ring (bicyclic) bond motifs is 1. The maximum Gasteiger partial charge on any atom is 0.416 e. The van der Waals surface area contributed by atoms with E-state index < -0.39 is 17.7 Å². The highest BCUT2D eigenvalue weighted by Crippen LogP contribution is 2.46. The van der Waals surface area contributed by atoms with Crippen LogP contribution in [0.5, 0.6) is 17.4 Å². The number of hydrogen-bond donors (Lipinski definition) is 2. The molecule has 3 N–H and O–H groups in total. The molecule has 0 aliphatic carbocycles. The number of nitriles is 1. The molecule has 1 aromatic heterocycles. The van der Waals surface area contributed by atoms with Crippen molar-refractivity contribution < 1.29 is 27.4 Å². The van der Waals surface area contributed by atoms with E-state index in [1.165, 1.54) is 19.2 Å². The third-order valence-electron chi connectivity index (χ3n) is 5.33. The lowest BCUT2D eigenvalue weighted by Crippen LogP contribution is -2.21. The highest BCUT2D eigenvalue weighted by Gasteiger charge is 2.36. The van der Waals surface area contributed by atoms with E-state index in [0.29, 0.717) is 33.9 Å². The number of nitrogens with zero attached hydrogens (tertiary/aromatic N) is 2. The summed E-state index contributed by atoms with van der Waals surface area (Å²) >= 11 is 0. The maximum atomic E-state index is 12.8. The molecule has 0 saturated heterocycles. The zero-order valence-electron chi connectivity index (χ0n) is 17.7. The molecule has 33 heavy (non-hydrogen) atoms. The molecule has 2 aromatic carbocycles. The van der Waals surface area contributed by atoms with E-state index in [-0.39, 0.29) is 23.9 Å². The van der Waals surface area contributed by atoms with Gasteiger partial charge in [-0.2, -0.15) is 18.4 Å². The van der Waals surface area contributed by atoms with Gasteiger partial charge < -0.3 is 19.9 Å². The molecular weight excluding hydrogens is 437 g/mol. The van der Waals surface area contributed by atoms with Crippen LogP contribution in [0.25, 0.3) is 0 Å². The van der Waals surface area contributed by atoms with E-state index in [2.05, 4.69) is 16.3 Å². The number of aromatic nitrogens is 2. The second-order valence-corrected chi connectivity index (χ2v) is 7.38. The lowest BCUT2D eigenvalue weighted by molar-refractivity contribution is -0.137. The summed E-state index contributed by atoms with van der Waals surface area (Å²) in [7, 11) is 1.51. The van der Waals surface area contributed by atoms with Crippen molar-refractivity contribution in [1.82, 2.24) is 10.2 Å². The molecule has 7 nitrogen and oxygen atoms in total. The smallest absolute Gasteiger partial charge is 0.416 e. The Morgan fingerprint density at radius 3 is 2.58 bits per heavy atom. The summed E-state index contributed by atoms with van der Waals surface area (Å²) in [5.41, 5.74) is 7.88. The number of aryl methyl sites for hydroxylation is 1. The Morgan fingerprint density at radius 2 is 1.94 bits per heavy atom. The largest absolute Gasteiger partial charge is 0.497 e. The van der Waals surface area contributed by atoms with Crippen LogP contribution >= 0.6 is 0 Å². The number of methoxy groups -OCH3 is 1. The van der Waals surface area contributed by atoms with Crippen molar-refractivity contribution in [1.29, 1.82) is 5.26 Å². The Balaban J connectivity index is 1.72. The fraction of sp³-hybridized carbons (Fsp3) is 0.217. The molecule has 1 atom stereocenters. The maximum absolute atomic E-state index is 12.8. The Bertz CT molecular complexity index is 1260. The van der Waals surface area contributed by atoms with Crippen LogP contribution < -0.4 is 19.9 Å². The van der Waals surface area contributed by atoms with Crippen molar-refractivity contribution >= 4 is 0 Å². The molecule has 3 aromatic rings. The van der Waals surface area contributed by atoms with Gasteiger partial charge in [-0.1, -0.05) is 12.1 Å². The molecular formula is C23H19F3N4O3. The summed E-state index contributed by atoms with van der Waals surface area (Å²) in [6.07, 6.45) is -4.41. The molecule has 0 radical (unpaired) electrons. The van der Waals surface area contributed by atoms with Gasteiger partial charge in [-0.25, -0.2) is 0 Å². The van der Waals surface area contributed by atoms with E-state index in [9.17, 15) is 18.4 Å². The lowest BCUT2D eigenvalue weighted by atomic mass is 9.83.